The van der Waals surface area contributed by atoms with Crippen molar-refractivity contribution in [1.82, 2.24) is 15.0 Å². The molecule has 0 aliphatic carbocycles. The minimum Gasteiger partial charge on any atom is -0.436 e. The van der Waals surface area contributed by atoms with Crippen LogP contribution in [0.4, 0.5) is 0 Å². The number of aromatic nitrogens is 3. The molecule has 0 bridgehead atoms. The van der Waals surface area contributed by atoms with Crippen LogP contribution in [0.3, 0.4) is 0 Å². The van der Waals surface area contributed by atoms with Crippen LogP contribution in [-0.4, -0.2) is 22.1 Å². The van der Waals surface area contributed by atoms with Crippen molar-refractivity contribution >= 4 is 33.5 Å². The summed E-state index contributed by atoms with van der Waals surface area (Å²) in [6.07, 6.45) is 3.48. The molecule has 0 aliphatic heterocycles. The number of fused-ring (bicyclic) bond motifs is 2. The highest BCUT2D eigenvalue weighted by molar-refractivity contribution is 6.30. The van der Waals surface area contributed by atoms with Gasteiger partial charge in [0, 0.05) is 36.0 Å². The molecule has 0 saturated heterocycles. The lowest BCUT2D eigenvalue weighted by atomic mass is 10.1. The second-order valence-electron chi connectivity index (χ2n) is 5.56. The van der Waals surface area contributed by atoms with Crippen LogP contribution in [0.25, 0.3) is 33.3 Å². The number of benzene rings is 1. The van der Waals surface area contributed by atoms with Crippen LogP contribution in [0.15, 0.2) is 41.1 Å². The van der Waals surface area contributed by atoms with Gasteiger partial charge in [-0.15, -0.1) is 0 Å². The summed E-state index contributed by atoms with van der Waals surface area (Å²) in [4.78, 5) is 13.2. The minimum absolute atomic E-state index is 0.424. The van der Waals surface area contributed by atoms with E-state index >= 15 is 0 Å². The van der Waals surface area contributed by atoms with E-state index in [1.807, 2.05) is 31.2 Å². The van der Waals surface area contributed by atoms with Crippen molar-refractivity contribution in [1.29, 1.82) is 0 Å². The standard InChI is InChI=1S/C18H14ClN3O2/c1-10-13-7-21-17(19)6-12(13)14(8-20-10)18-22-15-5-11(9-23-2)3-4-16(15)24-18/h3-8H,9H2,1-2H3. The highest BCUT2D eigenvalue weighted by atomic mass is 35.5. The summed E-state index contributed by atoms with van der Waals surface area (Å²) in [7, 11) is 1.67. The van der Waals surface area contributed by atoms with E-state index in [1.165, 1.54) is 0 Å². The Balaban J connectivity index is 1.92. The Morgan fingerprint density at radius 1 is 1.12 bits per heavy atom. The first kappa shape index (κ1) is 15.1. The molecule has 0 atom stereocenters. The molecule has 0 fully saturated rings. The maximum atomic E-state index is 6.07. The number of oxazole rings is 1. The van der Waals surface area contributed by atoms with Crippen molar-refractivity contribution in [2.45, 2.75) is 13.5 Å². The molecule has 0 radical (unpaired) electrons. The molecule has 0 unspecified atom stereocenters. The van der Waals surface area contributed by atoms with E-state index in [2.05, 4.69) is 15.0 Å². The number of rotatable bonds is 3. The number of aryl methyl sites for hydroxylation is 1. The summed E-state index contributed by atoms with van der Waals surface area (Å²) in [5.74, 6) is 0.513. The Kier molecular flexibility index (Phi) is 3.67. The van der Waals surface area contributed by atoms with E-state index in [4.69, 9.17) is 20.8 Å². The lowest BCUT2D eigenvalue weighted by Crippen LogP contribution is -1.90. The SMILES string of the molecule is COCc1ccc2oc(-c3cnc(C)c4cnc(Cl)cc34)nc2c1. The van der Waals surface area contributed by atoms with Crippen molar-refractivity contribution in [3.05, 3.63) is 53.1 Å². The van der Waals surface area contributed by atoms with Gasteiger partial charge in [0.1, 0.15) is 10.7 Å². The number of methoxy groups -OCH3 is 1. The van der Waals surface area contributed by atoms with E-state index in [0.29, 0.717) is 17.7 Å². The Bertz CT molecular complexity index is 1060. The molecule has 6 heteroatoms. The third-order valence-corrected chi connectivity index (χ3v) is 4.14. The number of hydrogen-bond acceptors (Lipinski definition) is 5. The van der Waals surface area contributed by atoms with Crippen molar-refractivity contribution in [3.63, 3.8) is 0 Å². The predicted molar refractivity (Wildman–Crippen MR) is 93.0 cm³/mol. The first-order valence-electron chi connectivity index (χ1n) is 7.45. The fourth-order valence-corrected chi connectivity index (χ4v) is 2.91. The largest absolute Gasteiger partial charge is 0.436 e. The van der Waals surface area contributed by atoms with E-state index in [-0.39, 0.29) is 0 Å². The highest BCUT2D eigenvalue weighted by Crippen LogP contribution is 2.32. The van der Waals surface area contributed by atoms with Gasteiger partial charge in [0.05, 0.1) is 12.2 Å². The van der Waals surface area contributed by atoms with Gasteiger partial charge in [-0.1, -0.05) is 17.7 Å². The molecular weight excluding hydrogens is 326 g/mol. The van der Waals surface area contributed by atoms with Crippen molar-refractivity contribution < 1.29 is 9.15 Å². The zero-order valence-corrected chi connectivity index (χ0v) is 14.0. The van der Waals surface area contributed by atoms with E-state index in [0.717, 1.165) is 38.7 Å². The smallest absolute Gasteiger partial charge is 0.229 e. The zero-order chi connectivity index (χ0) is 16.7. The zero-order valence-electron chi connectivity index (χ0n) is 13.2. The van der Waals surface area contributed by atoms with Crippen molar-refractivity contribution in [2.75, 3.05) is 7.11 Å². The topological polar surface area (TPSA) is 61.0 Å². The third-order valence-electron chi connectivity index (χ3n) is 3.93. The van der Waals surface area contributed by atoms with Gasteiger partial charge < -0.3 is 9.15 Å². The fourth-order valence-electron chi connectivity index (χ4n) is 2.76. The molecule has 3 aromatic heterocycles. The number of halogens is 1. The molecule has 5 nitrogen and oxygen atoms in total. The second kappa shape index (κ2) is 5.85. The van der Waals surface area contributed by atoms with Crippen LogP contribution in [-0.2, 0) is 11.3 Å². The average molecular weight is 340 g/mol. The van der Waals surface area contributed by atoms with Gasteiger partial charge >= 0.3 is 0 Å². The molecule has 4 aromatic rings. The quantitative estimate of drug-likeness (QED) is 0.512. The monoisotopic (exact) mass is 339 g/mol. The van der Waals surface area contributed by atoms with Crippen LogP contribution in [0.2, 0.25) is 5.15 Å². The van der Waals surface area contributed by atoms with E-state index in [1.54, 1.807) is 19.5 Å². The number of ether oxygens (including phenoxy) is 1. The lowest BCUT2D eigenvalue weighted by molar-refractivity contribution is 0.185. The van der Waals surface area contributed by atoms with Gasteiger partial charge in [0.25, 0.3) is 0 Å². The first-order valence-corrected chi connectivity index (χ1v) is 7.83. The summed E-state index contributed by atoms with van der Waals surface area (Å²) >= 11 is 6.07. The molecule has 0 aliphatic rings. The molecule has 1 aromatic carbocycles. The van der Waals surface area contributed by atoms with Crippen molar-refractivity contribution in [3.8, 4) is 11.5 Å². The molecule has 24 heavy (non-hydrogen) atoms. The summed E-state index contributed by atoms with van der Waals surface area (Å²) in [6, 6.07) is 7.64. The average Bonchev–Trinajstić information content (AvgIpc) is 2.98. The summed E-state index contributed by atoms with van der Waals surface area (Å²) in [5.41, 5.74) is 4.23. The molecule has 0 spiro atoms. The molecule has 4 rings (SSSR count). The van der Waals surface area contributed by atoms with Gasteiger partial charge in [-0.3, -0.25) is 4.98 Å². The highest BCUT2D eigenvalue weighted by Gasteiger charge is 2.14. The first-order chi connectivity index (χ1) is 11.7. The van der Waals surface area contributed by atoms with E-state index in [9.17, 15) is 0 Å². The molecule has 0 saturated carbocycles. The number of pyridine rings is 2. The number of nitrogens with zero attached hydrogens (tertiary/aromatic N) is 3. The van der Waals surface area contributed by atoms with Crippen LogP contribution in [0, 0.1) is 6.92 Å². The molecule has 0 N–H and O–H groups in total. The van der Waals surface area contributed by atoms with Crippen LogP contribution >= 0.6 is 11.6 Å². The van der Waals surface area contributed by atoms with Gasteiger partial charge in [0.2, 0.25) is 5.89 Å². The molecule has 3 heterocycles. The second-order valence-corrected chi connectivity index (χ2v) is 5.95. The molecule has 0 amide bonds. The third kappa shape index (κ3) is 2.52. The summed E-state index contributed by atoms with van der Waals surface area (Å²) in [6.45, 7) is 2.47. The maximum Gasteiger partial charge on any atom is 0.229 e. The van der Waals surface area contributed by atoms with Gasteiger partial charge in [-0.25, -0.2) is 9.97 Å². The summed E-state index contributed by atoms with van der Waals surface area (Å²) < 4.78 is 11.1. The predicted octanol–water partition coefficient (Wildman–Crippen LogP) is 4.55. The van der Waals surface area contributed by atoms with Crippen LogP contribution in [0.5, 0.6) is 0 Å². The van der Waals surface area contributed by atoms with Crippen LogP contribution in [0.1, 0.15) is 11.3 Å². The van der Waals surface area contributed by atoms with Gasteiger partial charge in [-0.05, 0) is 30.7 Å². The maximum absolute atomic E-state index is 6.07. The fraction of sp³-hybridized carbons (Fsp3) is 0.167. The lowest BCUT2D eigenvalue weighted by Gasteiger charge is -2.05. The van der Waals surface area contributed by atoms with Crippen LogP contribution < -0.4 is 0 Å². The summed E-state index contributed by atoms with van der Waals surface area (Å²) in [5, 5.41) is 2.28. The molecule has 120 valence electrons. The normalized spacial score (nSPS) is 11.5. The Hall–Kier alpha value is -2.50. The van der Waals surface area contributed by atoms with Gasteiger partial charge in [-0.2, -0.15) is 0 Å². The number of hydrogen-bond donors (Lipinski definition) is 0. The molecular formula is C18H14ClN3O2. The van der Waals surface area contributed by atoms with Gasteiger partial charge in [0.15, 0.2) is 5.58 Å². The Morgan fingerprint density at radius 3 is 2.83 bits per heavy atom. The Labute approximate surface area is 143 Å². The Morgan fingerprint density at radius 2 is 2.00 bits per heavy atom. The van der Waals surface area contributed by atoms with E-state index < -0.39 is 0 Å². The minimum atomic E-state index is 0.424. The van der Waals surface area contributed by atoms with Crippen molar-refractivity contribution in [2.24, 2.45) is 0 Å².